The number of terminal acetylenes is 1. The monoisotopic (exact) mass is 279 g/mol. The Labute approximate surface area is 124 Å². The van der Waals surface area contributed by atoms with Crippen molar-refractivity contribution in [3.63, 3.8) is 0 Å². The van der Waals surface area contributed by atoms with Crippen molar-refractivity contribution in [2.45, 2.75) is 12.1 Å². The van der Waals surface area contributed by atoms with Crippen molar-refractivity contribution in [3.8, 4) is 18.1 Å². The van der Waals surface area contributed by atoms with Crippen LogP contribution in [0.25, 0.3) is 0 Å². The van der Waals surface area contributed by atoms with Crippen LogP contribution in [0, 0.1) is 12.3 Å². The van der Waals surface area contributed by atoms with Gasteiger partial charge in [0, 0.05) is 6.54 Å². The summed E-state index contributed by atoms with van der Waals surface area (Å²) in [5.41, 5.74) is 1.23. The van der Waals surface area contributed by atoms with E-state index in [0.29, 0.717) is 6.54 Å². The molecule has 1 N–H and O–H groups in total. The minimum Gasteiger partial charge on any atom is -0.488 e. The van der Waals surface area contributed by atoms with Crippen molar-refractivity contribution in [3.05, 3.63) is 60.2 Å². The van der Waals surface area contributed by atoms with Crippen molar-refractivity contribution in [1.82, 2.24) is 0 Å². The van der Waals surface area contributed by atoms with Gasteiger partial charge in [0.1, 0.15) is 12.4 Å². The minimum absolute atomic E-state index is 0.148. The third-order valence-corrected chi connectivity index (χ3v) is 3.85. The third-order valence-electron chi connectivity index (χ3n) is 3.85. The molecule has 21 heavy (non-hydrogen) atoms. The van der Waals surface area contributed by atoms with Gasteiger partial charge in [-0.25, -0.2) is 0 Å². The van der Waals surface area contributed by atoms with Gasteiger partial charge in [-0.05, 0) is 17.7 Å². The maximum absolute atomic E-state index is 9.85. The Morgan fingerprint density at radius 2 is 1.86 bits per heavy atom. The van der Waals surface area contributed by atoms with Crippen molar-refractivity contribution in [2.24, 2.45) is 0 Å². The van der Waals surface area contributed by atoms with Gasteiger partial charge in [0.05, 0.1) is 12.3 Å². The Balaban J connectivity index is 2.05. The van der Waals surface area contributed by atoms with Crippen LogP contribution in [0.2, 0.25) is 0 Å². The Morgan fingerprint density at radius 3 is 2.57 bits per heavy atom. The molecule has 0 amide bonds. The molecule has 0 saturated carbocycles. The summed E-state index contributed by atoms with van der Waals surface area (Å²) in [6, 6.07) is 17.9. The minimum atomic E-state index is -0.829. The first-order valence-corrected chi connectivity index (χ1v) is 6.91. The van der Waals surface area contributed by atoms with Crippen LogP contribution in [0.5, 0.6) is 5.75 Å². The van der Waals surface area contributed by atoms with Crippen molar-refractivity contribution < 1.29 is 9.84 Å². The number of aliphatic hydroxyl groups is 1. The Bertz CT molecular complexity index is 662. The number of para-hydroxylation sites is 2. The van der Waals surface area contributed by atoms with Gasteiger partial charge >= 0.3 is 0 Å². The molecule has 3 heteroatoms. The van der Waals surface area contributed by atoms with Gasteiger partial charge in [0.15, 0.2) is 5.54 Å². The lowest BCUT2D eigenvalue weighted by Crippen LogP contribution is -2.57. The smallest absolute Gasteiger partial charge is 0.159 e. The molecule has 2 aromatic carbocycles. The molecule has 0 spiro atoms. The molecular formula is C18H17NO2. The van der Waals surface area contributed by atoms with E-state index in [-0.39, 0.29) is 13.2 Å². The third kappa shape index (κ3) is 2.35. The zero-order valence-corrected chi connectivity index (χ0v) is 11.7. The standard InChI is InChI=1S/C18H17NO2/c1-2-18(13-20)14-21-17-11-7-6-10-16(17)19(18)12-15-8-4-3-5-9-15/h1,3-11,20H,12-14H2/t18-/m0/s1. The fourth-order valence-corrected chi connectivity index (χ4v) is 2.61. The zero-order valence-electron chi connectivity index (χ0n) is 11.7. The SMILES string of the molecule is C#C[C@]1(CO)COc2ccccc2N1Cc1ccccc1. The lowest BCUT2D eigenvalue weighted by Gasteiger charge is -2.44. The van der Waals surface area contributed by atoms with Gasteiger partial charge in [0.25, 0.3) is 0 Å². The maximum atomic E-state index is 9.85. The van der Waals surface area contributed by atoms with Crippen molar-refractivity contribution in [1.29, 1.82) is 0 Å². The molecule has 1 heterocycles. The van der Waals surface area contributed by atoms with Crippen LogP contribution in [-0.4, -0.2) is 23.9 Å². The number of hydrogen-bond acceptors (Lipinski definition) is 3. The van der Waals surface area contributed by atoms with Crippen LogP contribution >= 0.6 is 0 Å². The van der Waals surface area contributed by atoms with Crippen molar-refractivity contribution in [2.75, 3.05) is 18.1 Å². The molecule has 0 radical (unpaired) electrons. The fourth-order valence-electron chi connectivity index (χ4n) is 2.61. The molecule has 3 rings (SSSR count). The molecule has 0 aromatic heterocycles. The van der Waals surface area contributed by atoms with E-state index in [1.165, 1.54) is 0 Å². The molecule has 0 bridgehead atoms. The van der Waals surface area contributed by atoms with Crippen LogP contribution in [0.1, 0.15) is 5.56 Å². The van der Waals surface area contributed by atoms with E-state index < -0.39 is 5.54 Å². The van der Waals surface area contributed by atoms with E-state index in [4.69, 9.17) is 11.2 Å². The highest BCUT2D eigenvalue weighted by Gasteiger charge is 2.40. The molecule has 1 atom stereocenters. The summed E-state index contributed by atoms with van der Waals surface area (Å²) >= 11 is 0. The molecule has 2 aromatic rings. The quantitative estimate of drug-likeness (QED) is 0.876. The first kappa shape index (κ1) is 13.5. The first-order chi connectivity index (χ1) is 10.3. The van der Waals surface area contributed by atoms with E-state index in [1.807, 2.05) is 42.5 Å². The first-order valence-electron chi connectivity index (χ1n) is 6.91. The zero-order chi connectivity index (χ0) is 14.7. The summed E-state index contributed by atoms with van der Waals surface area (Å²) < 4.78 is 5.74. The predicted octanol–water partition coefficient (Wildman–Crippen LogP) is 2.45. The normalized spacial score (nSPS) is 20.3. The second-order valence-corrected chi connectivity index (χ2v) is 5.16. The second kappa shape index (κ2) is 5.51. The summed E-state index contributed by atoms with van der Waals surface area (Å²) in [6.07, 6.45) is 5.72. The summed E-state index contributed by atoms with van der Waals surface area (Å²) in [4.78, 5) is 2.06. The topological polar surface area (TPSA) is 32.7 Å². The van der Waals surface area contributed by atoms with Gasteiger partial charge in [-0.3, -0.25) is 0 Å². The fraction of sp³-hybridized carbons (Fsp3) is 0.222. The maximum Gasteiger partial charge on any atom is 0.159 e. The number of rotatable bonds is 3. The van der Waals surface area contributed by atoms with Crippen LogP contribution in [0.4, 0.5) is 5.69 Å². The van der Waals surface area contributed by atoms with Crippen LogP contribution < -0.4 is 9.64 Å². The number of nitrogens with zero attached hydrogens (tertiary/aromatic N) is 1. The van der Waals surface area contributed by atoms with Gasteiger partial charge in [0.2, 0.25) is 0 Å². The van der Waals surface area contributed by atoms with Crippen LogP contribution in [0.3, 0.4) is 0 Å². The highest BCUT2D eigenvalue weighted by molar-refractivity contribution is 5.64. The van der Waals surface area contributed by atoms with E-state index in [1.54, 1.807) is 0 Å². The predicted molar refractivity (Wildman–Crippen MR) is 83.2 cm³/mol. The molecule has 0 fully saturated rings. The lowest BCUT2D eigenvalue weighted by molar-refractivity contribution is 0.148. The number of hydrogen-bond donors (Lipinski definition) is 1. The molecule has 0 unspecified atom stereocenters. The molecule has 106 valence electrons. The average molecular weight is 279 g/mol. The summed E-state index contributed by atoms with van der Waals surface area (Å²) in [6.45, 7) is 0.764. The lowest BCUT2D eigenvalue weighted by atomic mass is 9.96. The molecule has 3 nitrogen and oxygen atoms in total. The van der Waals surface area contributed by atoms with Gasteiger partial charge in [-0.15, -0.1) is 6.42 Å². The number of benzene rings is 2. The highest BCUT2D eigenvalue weighted by Crippen LogP contribution is 2.38. The van der Waals surface area contributed by atoms with Gasteiger partial charge < -0.3 is 14.7 Å². The van der Waals surface area contributed by atoms with E-state index in [0.717, 1.165) is 17.0 Å². The number of anilines is 1. The Kier molecular flexibility index (Phi) is 3.55. The summed E-state index contributed by atoms with van der Waals surface area (Å²) in [7, 11) is 0. The number of aliphatic hydroxyl groups excluding tert-OH is 1. The average Bonchev–Trinajstić information content (AvgIpc) is 2.56. The largest absolute Gasteiger partial charge is 0.488 e. The number of fused-ring (bicyclic) bond motifs is 1. The van der Waals surface area contributed by atoms with Crippen molar-refractivity contribution >= 4 is 5.69 Å². The molecule has 1 aliphatic heterocycles. The van der Waals surface area contributed by atoms with E-state index >= 15 is 0 Å². The Hall–Kier alpha value is -2.44. The highest BCUT2D eigenvalue weighted by atomic mass is 16.5. The van der Waals surface area contributed by atoms with Gasteiger partial charge in [-0.1, -0.05) is 48.4 Å². The van der Waals surface area contributed by atoms with E-state index in [9.17, 15) is 5.11 Å². The van der Waals surface area contributed by atoms with Gasteiger partial charge in [-0.2, -0.15) is 0 Å². The molecule has 0 aliphatic carbocycles. The van der Waals surface area contributed by atoms with Crippen LogP contribution in [-0.2, 0) is 6.54 Å². The molecule has 0 saturated heterocycles. The second-order valence-electron chi connectivity index (χ2n) is 5.16. The molecule has 1 aliphatic rings. The van der Waals surface area contributed by atoms with Crippen LogP contribution in [0.15, 0.2) is 54.6 Å². The molecular weight excluding hydrogens is 262 g/mol. The number of ether oxygens (including phenoxy) is 1. The summed E-state index contributed by atoms with van der Waals surface area (Å²) in [5.74, 6) is 3.53. The summed E-state index contributed by atoms with van der Waals surface area (Å²) in [5, 5.41) is 9.85. The Morgan fingerprint density at radius 1 is 1.14 bits per heavy atom. The van der Waals surface area contributed by atoms with E-state index in [2.05, 4.69) is 23.0 Å².